The van der Waals surface area contributed by atoms with E-state index in [1.54, 1.807) is 31.2 Å². The van der Waals surface area contributed by atoms with Crippen molar-refractivity contribution in [2.75, 3.05) is 0 Å². The second-order valence-electron chi connectivity index (χ2n) is 4.99. The molecule has 2 aromatic carbocycles. The van der Waals surface area contributed by atoms with E-state index in [2.05, 4.69) is 0 Å². The molecule has 0 bridgehead atoms. The second kappa shape index (κ2) is 4.51. The van der Waals surface area contributed by atoms with Crippen LogP contribution in [-0.2, 0) is 0 Å². The number of alkyl halides is 3. The minimum Gasteiger partial charge on any atom is -0.166 e. The summed E-state index contributed by atoms with van der Waals surface area (Å²) in [6.07, 6.45) is -4.32. The third-order valence-electron chi connectivity index (χ3n) is 3.78. The third-order valence-corrected chi connectivity index (χ3v) is 3.78. The molecule has 1 unspecified atom stereocenters. The van der Waals surface area contributed by atoms with Gasteiger partial charge in [-0.1, -0.05) is 54.6 Å². The van der Waals surface area contributed by atoms with Gasteiger partial charge in [0.2, 0.25) is 0 Å². The van der Waals surface area contributed by atoms with Gasteiger partial charge in [-0.3, -0.25) is 0 Å². The van der Waals surface area contributed by atoms with Crippen LogP contribution >= 0.6 is 0 Å². The predicted molar refractivity (Wildman–Crippen MR) is 73.4 cm³/mol. The first kappa shape index (κ1) is 13.0. The van der Waals surface area contributed by atoms with Crippen molar-refractivity contribution in [2.24, 2.45) is 0 Å². The minimum atomic E-state index is -4.32. The van der Waals surface area contributed by atoms with Gasteiger partial charge in [0.15, 0.2) is 0 Å². The van der Waals surface area contributed by atoms with Crippen LogP contribution in [0.3, 0.4) is 0 Å². The lowest BCUT2D eigenvalue weighted by Crippen LogP contribution is -2.10. The zero-order valence-electron chi connectivity index (χ0n) is 10.9. The average Bonchev–Trinajstić information content (AvgIpc) is 2.71. The van der Waals surface area contributed by atoms with Gasteiger partial charge >= 0.3 is 6.18 Å². The van der Waals surface area contributed by atoms with Crippen molar-refractivity contribution in [1.29, 1.82) is 0 Å². The fourth-order valence-corrected chi connectivity index (χ4v) is 3.02. The van der Waals surface area contributed by atoms with Crippen LogP contribution in [0.4, 0.5) is 13.2 Å². The van der Waals surface area contributed by atoms with Crippen molar-refractivity contribution in [3.63, 3.8) is 0 Å². The first-order chi connectivity index (χ1) is 9.50. The molecule has 2 aromatic rings. The summed E-state index contributed by atoms with van der Waals surface area (Å²) in [5.74, 6) is -0.302. The molecule has 20 heavy (non-hydrogen) atoms. The van der Waals surface area contributed by atoms with Crippen LogP contribution < -0.4 is 0 Å². The van der Waals surface area contributed by atoms with Crippen molar-refractivity contribution in [2.45, 2.75) is 19.0 Å². The molecule has 0 aromatic heterocycles. The van der Waals surface area contributed by atoms with E-state index >= 15 is 0 Å². The Hall–Kier alpha value is -2.03. The smallest absolute Gasteiger partial charge is 0.166 e. The Kier molecular flexibility index (Phi) is 2.93. The van der Waals surface area contributed by atoms with Gasteiger partial charge in [0.25, 0.3) is 0 Å². The molecule has 0 radical (unpaired) electrons. The second-order valence-corrected chi connectivity index (χ2v) is 4.99. The van der Waals surface area contributed by atoms with E-state index in [0.717, 1.165) is 11.1 Å². The van der Waals surface area contributed by atoms with Gasteiger partial charge in [0.1, 0.15) is 0 Å². The van der Waals surface area contributed by atoms with Gasteiger partial charge in [0, 0.05) is 5.92 Å². The van der Waals surface area contributed by atoms with Gasteiger partial charge in [-0.05, 0) is 29.2 Å². The van der Waals surface area contributed by atoms with Gasteiger partial charge in [-0.15, -0.1) is 0 Å². The van der Waals surface area contributed by atoms with E-state index in [0.29, 0.717) is 11.1 Å². The lowest BCUT2D eigenvalue weighted by atomic mass is 9.89. The van der Waals surface area contributed by atoms with Crippen molar-refractivity contribution in [3.8, 4) is 0 Å². The fourth-order valence-electron chi connectivity index (χ4n) is 3.02. The molecule has 3 rings (SSSR count). The largest absolute Gasteiger partial charge is 0.416 e. The molecule has 1 atom stereocenters. The van der Waals surface area contributed by atoms with Crippen LogP contribution in [0.5, 0.6) is 0 Å². The first-order valence-corrected chi connectivity index (χ1v) is 6.42. The predicted octanol–water partition coefficient (Wildman–Crippen LogP) is 5.17. The zero-order valence-corrected chi connectivity index (χ0v) is 10.9. The Labute approximate surface area is 115 Å². The average molecular weight is 274 g/mol. The Balaban J connectivity index is 2.24. The van der Waals surface area contributed by atoms with E-state index in [9.17, 15) is 13.2 Å². The molecule has 0 saturated carbocycles. The van der Waals surface area contributed by atoms with Crippen LogP contribution in [0.15, 0.2) is 60.2 Å². The zero-order chi connectivity index (χ0) is 14.3. The summed E-state index contributed by atoms with van der Waals surface area (Å²) in [6, 6.07) is 16.1. The molecule has 0 amide bonds. The number of halogens is 3. The monoisotopic (exact) mass is 274 g/mol. The van der Waals surface area contributed by atoms with E-state index in [-0.39, 0.29) is 5.92 Å². The molecule has 0 spiro atoms. The molecule has 3 heteroatoms. The SMILES string of the molecule is CC1=C(C(F)(F)F)c2ccccc2C1c1ccccc1. The molecule has 0 N–H and O–H groups in total. The number of hydrogen-bond acceptors (Lipinski definition) is 0. The maximum Gasteiger partial charge on any atom is 0.416 e. The van der Waals surface area contributed by atoms with Crippen LogP contribution in [-0.4, -0.2) is 6.18 Å². The molecule has 0 heterocycles. The van der Waals surface area contributed by atoms with Crippen LogP contribution in [0.2, 0.25) is 0 Å². The minimum absolute atomic E-state index is 0.302. The van der Waals surface area contributed by atoms with Gasteiger partial charge in [0.05, 0.1) is 5.57 Å². The summed E-state index contributed by atoms with van der Waals surface area (Å²) in [7, 11) is 0. The summed E-state index contributed by atoms with van der Waals surface area (Å²) in [4.78, 5) is 0. The Morgan fingerprint density at radius 3 is 2.10 bits per heavy atom. The summed E-state index contributed by atoms with van der Waals surface area (Å²) >= 11 is 0. The van der Waals surface area contributed by atoms with Gasteiger partial charge < -0.3 is 0 Å². The summed E-state index contributed by atoms with van der Waals surface area (Å²) in [5.41, 5.74) is 1.85. The lowest BCUT2D eigenvalue weighted by molar-refractivity contribution is -0.0692. The number of fused-ring (bicyclic) bond motifs is 1. The molecule has 0 aliphatic heterocycles. The molecule has 1 aliphatic carbocycles. The molecule has 0 nitrogen and oxygen atoms in total. The fraction of sp³-hybridized carbons (Fsp3) is 0.176. The maximum atomic E-state index is 13.3. The molecule has 0 saturated heterocycles. The Morgan fingerprint density at radius 1 is 0.850 bits per heavy atom. The van der Waals surface area contributed by atoms with Crippen molar-refractivity contribution >= 4 is 5.57 Å². The molecular formula is C17H13F3. The topological polar surface area (TPSA) is 0 Å². The van der Waals surface area contributed by atoms with Gasteiger partial charge in [-0.2, -0.15) is 13.2 Å². The Bertz CT molecular complexity index is 666. The highest BCUT2D eigenvalue weighted by Crippen LogP contribution is 2.50. The molecular weight excluding hydrogens is 261 g/mol. The summed E-state index contributed by atoms with van der Waals surface area (Å²) in [5, 5.41) is 0. The van der Waals surface area contributed by atoms with E-state index in [1.807, 2.05) is 30.3 Å². The summed E-state index contributed by atoms with van der Waals surface area (Å²) < 4.78 is 40.0. The highest BCUT2D eigenvalue weighted by molar-refractivity contribution is 5.82. The molecule has 0 fully saturated rings. The number of benzene rings is 2. The quantitative estimate of drug-likeness (QED) is 0.673. The van der Waals surface area contributed by atoms with E-state index in [1.165, 1.54) is 0 Å². The van der Waals surface area contributed by atoms with E-state index < -0.39 is 11.7 Å². The van der Waals surface area contributed by atoms with Crippen LogP contribution in [0.1, 0.15) is 29.5 Å². The number of hydrogen-bond donors (Lipinski definition) is 0. The lowest BCUT2D eigenvalue weighted by Gasteiger charge is -2.14. The normalized spacial score (nSPS) is 18.3. The number of rotatable bonds is 1. The first-order valence-electron chi connectivity index (χ1n) is 6.42. The van der Waals surface area contributed by atoms with E-state index in [4.69, 9.17) is 0 Å². The summed E-state index contributed by atoms with van der Waals surface area (Å²) in [6.45, 7) is 1.58. The van der Waals surface area contributed by atoms with Crippen molar-refractivity contribution in [3.05, 3.63) is 76.9 Å². The Morgan fingerprint density at radius 2 is 1.45 bits per heavy atom. The third kappa shape index (κ3) is 1.94. The standard InChI is InChI=1S/C17H13F3/c1-11-15(12-7-3-2-4-8-12)13-9-5-6-10-14(13)16(11)17(18,19)20/h2-10,15H,1H3. The van der Waals surface area contributed by atoms with Crippen LogP contribution in [0.25, 0.3) is 5.57 Å². The van der Waals surface area contributed by atoms with Crippen LogP contribution in [0, 0.1) is 0 Å². The molecule has 1 aliphatic rings. The number of allylic oxidation sites excluding steroid dienone is 2. The van der Waals surface area contributed by atoms with Crippen molar-refractivity contribution in [1.82, 2.24) is 0 Å². The van der Waals surface area contributed by atoms with Gasteiger partial charge in [-0.25, -0.2) is 0 Å². The highest BCUT2D eigenvalue weighted by Gasteiger charge is 2.43. The molecule has 102 valence electrons. The van der Waals surface area contributed by atoms with Crippen molar-refractivity contribution < 1.29 is 13.2 Å². The maximum absolute atomic E-state index is 13.3. The highest BCUT2D eigenvalue weighted by atomic mass is 19.4.